The highest BCUT2D eigenvalue weighted by Gasteiger charge is 2.34. The van der Waals surface area contributed by atoms with Crippen LogP contribution in [0.25, 0.3) is 0 Å². The van der Waals surface area contributed by atoms with Gasteiger partial charge < -0.3 is 20.3 Å². The second-order valence-corrected chi connectivity index (χ2v) is 5.05. The lowest BCUT2D eigenvalue weighted by molar-refractivity contribution is -0.136. The Kier molecular flexibility index (Phi) is 6.95. The lowest BCUT2D eigenvalue weighted by Crippen LogP contribution is -2.51. The van der Waals surface area contributed by atoms with Crippen LogP contribution in [0.4, 0.5) is 0 Å². The molecule has 0 aromatic carbocycles. The minimum atomic E-state index is -0.495. The molecule has 0 spiro atoms. The van der Waals surface area contributed by atoms with Crippen molar-refractivity contribution in [3.8, 4) is 0 Å². The minimum Gasteiger partial charge on any atom is -0.379 e. The van der Waals surface area contributed by atoms with E-state index in [2.05, 4.69) is 10.6 Å². The number of rotatable bonds is 7. The Hall–Kier alpha value is -1.14. The van der Waals surface area contributed by atoms with Gasteiger partial charge in [0.25, 0.3) is 0 Å². The Labute approximate surface area is 121 Å². The second kappa shape index (κ2) is 8.21. The van der Waals surface area contributed by atoms with E-state index >= 15 is 0 Å². The van der Waals surface area contributed by atoms with E-state index in [1.54, 1.807) is 11.8 Å². The maximum Gasteiger partial charge on any atom is 0.244 e. The third-order valence-corrected chi connectivity index (χ3v) is 3.69. The van der Waals surface area contributed by atoms with E-state index in [0.717, 1.165) is 6.54 Å². The highest BCUT2D eigenvalue weighted by atomic mass is 16.5. The van der Waals surface area contributed by atoms with E-state index in [1.165, 1.54) is 0 Å². The van der Waals surface area contributed by atoms with Crippen LogP contribution in [0, 0.1) is 5.92 Å². The van der Waals surface area contributed by atoms with Crippen LogP contribution in [-0.4, -0.2) is 61.6 Å². The third kappa shape index (κ3) is 4.18. The van der Waals surface area contributed by atoms with Gasteiger partial charge in [-0.3, -0.25) is 9.59 Å². The summed E-state index contributed by atoms with van der Waals surface area (Å²) in [6.45, 7) is 10.7. The van der Waals surface area contributed by atoms with Crippen molar-refractivity contribution in [1.82, 2.24) is 15.5 Å². The molecule has 116 valence electrons. The maximum absolute atomic E-state index is 12.2. The first-order chi connectivity index (χ1) is 9.54. The number of carbonyl (C=O) groups is 2. The van der Waals surface area contributed by atoms with E-state index in [4.69, 9.17) is 4.74 Å². The molecule has 0 aromatic rings. The van der Waals surface area contributed by atoms with Crippen molar-refractivity contribution in [3.05, 3.63) is 0 Å². The first kappa shape index (κ1) is 16.9. The summed E-state index contributed by atoms with van der Waals surface area (Å²) in [5.74, 6) is -0.370. The van der Waals surface area contributed by atoms with Gasteiger partial charge in [-0.25, -0.2) is 0 Å². The summed E-state index contributed by atoms with van der Waals surface area (Å²) in [6.07, 6.45) is 0. The first-order valence-corrected chi connectivity index (χ1v) is 7.45. The van der Waals surface area contributed by atoms with Crippen LogP contribution in [0.2, 0.25) is 0 Å². The van der Waals surface area contributed by atoms with Crippen LogP contribution in [0.15, 0.2) is 0 Å². The molecule has 0 bridgehead atoms. The quantitative estimate of drug-likeness (QED) is 0.690. The molecule has 20 heavy (non-hydrogen) atoms. The number of carbonyl (C=O) groups excluding carboxylic acids is 2. The molecule has 1 heterocycles. The molecule has 3 atom stereocenters. The van der Waals surface area contributed by atoms with E-state index in [1.807, 2.05) is 20.8 Å². The zero-order chi connectivity index (χ0) is 15.1. The molecule has 1 aliphatic rings. The second-order valence-electron chi connectivity index (χ2n) is 5.05. The predicted octanol–water partition coefficient (Wildman–Crippen LogP) is -0.0160. The van der Waals surface area contributed by atoms with E-state index in [9.17, 15) is 9.59 Å². The van der Waals surface area contributed by atoms with Crippen molar-refractivity contribution in [3.63, 3.8) is 0 Å². The monoisotopic (exact) mass is 285 g/mol. The normalized spacial score (nSPS) is 23.4. The molecule has 3 unspecified atom stereocenters. The molecule has 1 saturated heterocycles. The lowest BCUT2D eigenvalue weighted by Gasteiger charge is -2.25. The van der Waals surface area contributed by atoms with E-state index in [-0.39, 0.29) is 23.8 Å². The minimum absolute atomic E-state index is 0.0377. The Morgan fingerprint density at radius 3 is 2.45 bits per heavy atom. The van der Waals surface area contributed by atoms with Crippen molar-refractivity contribution in [1.29, 1.82) is 0 Å². The number of likely N-dealkylation sites (N-methyl/N-ethyl adjacent to an activating group) is 2. The van der Waals surface area contributed by atoms with Gasteiger partial charge in [0.05, 0.1) is 19.1 Å². The van der Waals surface area contributed by atoms with Gasteiger partial charge >= 0.3 is 0 Å². The molecule has 1 aliphatic heterocycles. The fourth-order valence-corrected chi connectivity index (χ4v) is 2.47. The van der Waals surface area contributed by atoms with Gasteiger partial charge in [-0.2, -0.15) is 0 Å². The molecule has 2 amide bonds. The molecule has 1 rings (SSSR count). The fourth-order valence-electron chi connectivity index (χ4n) is 2.47. The summed E-state index contributed by atoms with van der Waals surface area (Å²) in [6, 6.07) is -0.457. The van der Waals surface area contributed by atoms with Crippen molar-refractivity contribution in [2.75, 3.05) is 32.8 Å². The number of amides is 2. The number of hydrogen-bond donors (Lipinski definition) is 2. The SMILES string of the molecule is CCNC1COCC1C(=O)NC(C)C(=O)N(CC)CC. The highest BCUT2D eigenvalue weighted by molar-refractivity contribution is 5.88. The maximum atomic E-state index is 12.2. The topological polar surface area (TPSA) is 70.7 Å². The zero-order valence-corrected chi connectivity index (χ0v) is 12.9. The number of nitrogens with one attached hydrogen (secondary N) is 2. The predicted molar refractivity (Wildman–Crippen MR) is 77.3 cm³/mol. The third-order valence-electron chi connectivity index (χ3n) is 3.69. The molecule has 0 saturated carbocycles. The van der Waals surface area contributed by atoms with Crippen molar-refractivity contribution < 1.29 is 14.3 Å². The van der Waals surface area contributed by atoms with Gasteiger partial charge in [0.1, 0.15) is 6.04 Å². The lowest BCUT2D eigenvalue weighted by atomic mass is 10.0. The van der Waals surface area contributed by atoms with Crippen LogP contribution >= 0.6 is 0 Å². The Bertz CT molecular complexity index is 332. The molecule has 6 nitrogen and oxygen atoms in total. The Morgan fingerprint density at radius 1 is 1.25 bits per heavy atom. The largest absolute Gasteiger partial charge is 0.379 e. The van der Waals surface area contributed by atoms with Crippen LogP contribution in [0.1, 0.15) is 27.7 Å². The van der Waals surface area contributed by atoms with Gasteiger partial charge in [-0.1, -0.05) is 6.92 Å². The van der Waals surface area contributed by atoms with Crippen molar-refractivity contribution in [2.45, 2.75) is 39.8 Å². The molecule has 1 fully saturated rings. The van der Waals surface area contributed by atoms with E-state index < -0.39 is 6.04 Å². The van der Waals surface area contributed by atoms with Crippen LogP contribution in [-0.2, 0) is 14.3 Å². The summed E-state index contributed by atoms with van der Waals surface area (Å²) < 4.78 is 5.36. The molecule has 6 heteroatoms. The van der Waals surface area contributed by atoms with Gasteiger partial charge in [-0.15, -0.1) is 0 Å². The molecule has 0 radical (unpaired) electrons. The summed E-state index contributed by atoms with van der Waals surface area (Å²) in [4.78, 5) is 26.1. The molecular formula is C14H27N3O3. The highest BCUT2D eigenvalue weighted by Crippen LogP contribution is 2.14. The van der Waals surface area contributed by atoms with Crippen molar-refractivity contribution >= 4 is 11.8 Å². The molecule has 2 N–H and O–H groups in total. The molecular weight excluding hydrogens is 258 g/mol. The van der Waals surface area contributed by atoms with Crippen LogP contribution < -0.4 is 10.6 Å². The average Bonchev–Trinajstić information content (AvgIpc) is 2.88. The summed E-state index contributed by atoms with van der Waals surface area (Å²) in [5.41, 5.74) is 0. The zero-order valence-electron chi connectivity index (χ0n) is 12.9. The molecule has 0 aromatic heterocycles. The summed E-state index contributed by atoms with van der Waals surface area (Å²) >= 11 is 0. The number of nitrogens with zero attached hydrogens (tertiary/aromatic N) is 1. The van der Waals surface area contributed by atoms with Gasteiger partial charge in [0, 0.05) is 19.1 Å². The van der Waals surface area contributed by atoms with Gasteiger partial charge in [-0.05, 0) is 27.3 Å². The number of hydrogen-bond acceptors (Lipinski definition) is 4. The van der Waals surface area contributed by atoms with Crippen LogP contribution in [0.5, 0.6) is 0 Å². The van der Waals surface area contributed by atoms with E-state index in [0.29, 0.717) is 26.3 Å². The summed E-state index contributed by atoms with van der Waals surface area (Å²) in [5, 5.41) is 6.05. The smallest absolute Gasteiger partial charge is 0.244 e. The Morgan fingerprint density at radius 2 is 1.90 bits per heavy atom. The van der Waals surface area contributed by atoms with Crippen molar-refractivity contribution in [2.24, 2.45) is 5.92 Å². The van der Waals surface area contributed by atoms with Crippen LogP contribution in [0.3, 0.4) is 0 Å². The van der Waals surface area contributed by atoms with Gasteiger partial charge in [0.15, 0.2) is 0 Å². The average molecular weight is 285 g/mol. The Balaban J connectivity index is 2.54. The van der Waals surface area contributed by atoms with Gasteiger partial charge in [0.2, 0.25) is 11.8 Å². The standard InChI is InChI=1S/C14H27N3O3/c1-5-15-12-9-20-8-11(12)13(18)16-10(4)14(19)17(6-2)7-3/h10-12,15H,5-9H2,1-4H3,(H,16,18). The first-order valence-electron chi connectivity index (χ1n) is 7.45. The number of ether oxygens (including phenoxy) is 1. The summed E-state index contributed by atoms with van der Waals surface area (Å²) in [7, 11) is 0. The fraction of sp³-hybridized carbons (Fsp3) is 0.857. The molecule has 0 aliphatic carbocycles.